The molecule has 3 nitrogen and oxygen atoms in total. The maximum atomic E-state index is 11.9. The normalized spacial score (nSPS) is 17.3. The molecule has 1 aromatic rings. The Hall–Kier alpha value is -2.03. The largest absolute Gasteiger partial charge is 0.288 e. The van der Waals surface area contributed by atoms with Gasteiger partial charge in [0.05, 0.1) is 5.70 Å². The number of ketones is 1. The molecule has 0 aromatic carbocycles. The summed E-state index contributed by atoms with van der Waals surface area (Å²) in [5.74, 6) is 0.0168. The zero-order valence-electron chi connectivity index (χ0n) is 7.27. The van der Waals surface area contributed by atoms with Gasteiger partial charge in [-0.05, 0) is 23.8 Å². The molecule has 2 heterocycles. The van der Waals surface area contributed by atoms with Crippen LogP contribution in [0.25, 0.3) is 6.08 Å². The number of Topliss-reactive ketones (excluding diaryl/α,β-unsaturated/α-hetero) is 1. The van der Waals surface area contributed by atoms with Gasteiger partial charge in [-0.25, -0.2) is 0 Å². The molecule has 0 radical (unpaired) electrons. The fourth-order valence-electron chi connectivity index (χ4n) is 1.67. The van der Waals surface area contributed by atoms with Crippen LogP contribution >= 0.6 is 0 Å². The summed E-state index contributed by atoms with van der Waals surface area (Å²) in [5.41, 5.74) is 2.99. The fraction of sp³-hybridized carbons (Fsp3) is 0. The lowest BCUT2D eigenvalue weighted by molar-refractivity contribution is 0.103. The van der Waals surface area contributed by atoms with Crippen molar-refractivity contribution in [2.75, 3.05) is 0 Å². The Morgan fingerprint density at radius 2 is 2.21 bits per heavy atom. The fourth-order valence-corrected chi connectivity index (χ4v) is 1.67. The lowest BCUT2D eigenvalue weighted by Crippen LogP contribution is -2.10. The van der Waals surface area contributed by atoms with Gasteiger partial charge in [-0.3, -0.25) is 14.8 Å². The van der Waals surface area contributed by atoms with Gasteiger partial charge >= 0.3 is 0 Å². The third-order valence-electron chi connectivity index (χ3n) is 2.37. The van der Waals surface area contributed by atoms with Gasteiger partial charge < -0.3 is 0 Å². The Labute approximate surface area is 80.5 Å². The van der Waals surface area contributed by atoms with Crippen LogP contribution < -0.4 is 0 Å². The predicted molar refractivity (Wildman–Crippen MR) is 53.1 cm³/mol. The van der Waals surface area contributed by atoms with Crippen molar-refractivity contribution in [1.82, 2.24) is 4.98 Å². The third kappa shape index (κ3) is 0.836. The zero-order valence-corrected chi connectivity index (χ0v) is 7.27. The van der Waals surface area contributed by atoms with Gasteiger partial charge in [0.25, 0.3) is 0 Å². The first-order chi connectivity index (χ1) is 6.86. The van der Waals surface area contributed by atoms with E-state index in [1.54, 1.807) is 24.7 Å². The highest BCUT2D eigenvalue weighted by Crippen LogP contribution is 2.29. The Morgan fingerprint density at radius 1 is 1.29 bits per heavy atom. The lowest BCUT2D eigenvalue weighted by Gasteiger charge is -2.12. The summed E-state index contributed by atoms with van der Waals surface area (Å²) < 4.78 is 0. The van der Waals surface area contributed by atoms with Crippen LogP contribution in [0.1, 0.15) is 15.9 Å². The molecule has 0 unspecified atom stereocenters. The molecule has 1 aliphatic carbocycles. The number of pyridine rings is 1. The van der Waals surface area contributed by atoms with E-state index in [2.05, 4.69) is 9.98 Å². The number of fused-ring (bicyclic) bond motifs is 2. The molecule has 1 aliphatic heterocycles. The number of rotatable bonds is 0. The van der Waals surface area contributed by atoms with Crippen molar-refractivity contribution in [3.05, 3.63) is 46.9 Å². The van der Waals surface area contributed by atoms with Crippen LogP contribution in [-0.4, -0.2) is 17.0 Å². The first-order valence-corrected chi connectivity index (χ1v) is 4.31. The second kappa shape index (κ2) is 2.48. The van der Waals surface area contributed by atoms with E-state index >= 15 is 0 Å². The number of aliphatic imine (C=N–C) groups is 1. The number of aromatic nitrogens is 1. The van der Waals surface area contributed by atoms with Crippen molar-refractivity contribution in [3.63, 3.8) is 0 Å². The van der Waals surface area contributed by atoms with Crippen molar-refractivity contribution < 1.29 is 4.79 Å². The van der Waals surface area contributed by atoms with Gasteiger partial charge in [0.15, 0.2) is 5.78 Å². The van der Waals surface area contributed by atoms with E-state index < -0.39 is 0 Å². The summed E-state index contributed by atoms with van der Waals surface area (Å²) in [5, 5.41) is 0. The molecule has 1 aromatic heterocycles. The average Bonchev–Trinajstić information content (AvgIpc) is 2.66. The molecule has 0 spiro atoms. The molecular formula is C11H6N2O. The number of carbonyl (C=O) groups is 1. The maximum absolute atomic E-state index is 11.9. The molecule has 3 rings (SSSR count). The molecule has 66 valence electrons. The minimum atomic E-state index is 0.0168. The van der Waals surface area contributed by atoms with Crippen molar-refractivity contribution in [2.45, 2.75) is 0 Å². The Bertz CT molecular complexity index is 524. The molecule has 0 N–H and O–H groups in total. The van der Waals surface area contributed by atoms with Gasteiger partial charge in [-0.15, -0.1) is 0 Å². The van der Waals surface area contributed by atoms with Gasteiger partial charge in [-0.2, -0.15) is 0 Å². The number of allylic oxidation sites excluding steroid dienone is 2. The molecular weight excluding hydrogens is 176 g/mol. The van der Waals surface area contributed by atoms with E-state index in [-0.39, 0.29) is 5.78 Å². The zero-order chi connectivity index (χ0) is 9.54. The molecule has 0 bridgehead atoms. The Balaban J connectivity index is 2.31. The Morgan fingerprint density at radius 3 is 3.14 bits per heavy atom. The second-order valence-electron chi connectivity index (χ2n) is 3.18. The van der Waals surface area contributed by atoms with Crippen LogP contribution in [0.4, 0.5) is 0 Å². The highest BCUT2D eigenvalue weighted by molar-refractivity contribution is 6.19. The first-order valence-electron chi connectivity index (χ1n) is 4.31. The molecule has 0 saturated carbocycles. The van der Waals surface area contributed by atoms with Gasteiger partial charge in [0.1, 0.15) is 0 Å². The van der Waals surface area contributed by atoms with Crippen LogP contribution in [0.3, 0.4) is 0 Å². The average molecular weight is 182 g/mol. The Kier molecular flexibility index (Phi) is 1.31. The summed E-state index contributed by atoms with van der Waals surface area (Å²) in [6.45, 7) is 0. The topological polar surface area (TPSA) is 42.3 Å². The molecule has 0 fully saturated rings. The molecule has 0 saturated heterocycles. The highest BCUT2D eigenvalue weighted by Gasteiger charge is 2.24. The third-order valence-corrected chi connectivity index (χ3v) is 2.37. The van der Waals surface area contributed by atoms with E-state index in [4.69, 9.17) is 0 Å². The van der Waals surface area contributed by atoms with Gasteiger partial charge in [0, 0.05) is 29.7 Å². The highest BCUT2D eigenvalue weighted by atomic mass is 16.1. The summed E-state index contributed by atoms with van der Waals surface area (Å²) in [7, 11) is 0. The van der Waals surface area contributed by atoms with Crippen molar-refractivity contribution in [2.24, 2.45) is 4.99 Å². The second-order valence-corrected chi connectivity index (χ2v) is 3.18. The van der Waals surface area contributed by atoms with E-state index in [1.807, 2.05) is 12.1 Å². The van der Waals surface area contributed by atoms with Crippen molar-refractivity contribution >= 4 is 18.1 Å². The van der Waals surface area contributed by atoms with Crippen LogP contribution in [-0.2, 0) is 0 Å². The van der Waals surface area contributed by atoms with Crippen LogP contribution in [0.15, 0.2) is 40.8 Å². The summed E-state index contributed by atoms with van der Waals surface area (Å²) in [6, 6.07) is 1.82. The number of carbonyl (C=O) groups excluding carboxylic acids is 1. The minimum Gasteiger partial charge on any atom is -0.288 e. The van der Waals surface area contributed by atoms with Gasteiger partial charge in [-0.1, -0.05) is 0 Å². The predicted octanol–water partition coefficient (Wildman–Crippen LogP) is 1.63. The van der Waals surface area contributed by atoms with E-state index in [0.29, 0.717) is 11.1 Å². The maximum Gasteiger partial charge on any atom is 0.197 e. The standard InChI is InChI=1S/C11H6N2O/c14-11-8-2-4-13-10(8)5-7-1-3-12-6-9(7)11/h1-6H. The molecule has 0 amide bonds. The quantitative estimate of drug-likeness (QED) is 0.612. The first kappa shape index (κ1) is 7.38. The van der Waals surface area contributed by atoms with Crippen LogP contribution in [0.2, 0.25) is 0 Å². The van der Waals surface area contributed by atoms with E-state index in [9.17, 15) is 4.79 Å². The van der Waals surface area contributed by atoms with E-state index in [0.717, 1.165) is 11.3 Å². The summed E-state index contributed by atoms with van der Waals surface area (Å²) in [4.78, 5) is 19.9. The summed E-state index contributed by atoms with van der Waals surface area (Å²) in [6.07, 6.45) is 8.58. The number of hydrogen-bond donors (Lipinski definition) is 0. The van der Waals surface area contributed by atoms with Crippen molar-refractivity contribution in [1.29, 1.82) is 0 Å². The number of hydrogen-bond acceptors (Lipinski definition) is 3. The molecule has 2 aliphatic rings. The summed E-state index contributed by atoms with van der Waals surface area (Å²) >= 11 is 0. The van der Waals surface area contributed by atoms with Crippen LogP contribution in [0, 0.1) is 0 Å². The molecule has 0 atom stereocenters. The molecule has 14 heavy (non-hydrogen) atoms. The van der Waals surface area contributed by atoms with Gasteiger partial charge in [0.2, 0.25) is 0 Å². The van der Waals surface area contributed by atoms with E-state index in [1.165, 1.54) is 0 Å². The monoisotopic (exact) mass is 182 g/mol. The molecule has 3 heteroatoms. The smallest absolute Gasteiger partial charge is 0.197 e. The number of nitrogens with zero attached hydrogens (tertiary/aromatic N) is 2. The van der Waals surface area contributed by atoms with Crippen LogP contribution in [0.5, 0.6) is 0 Å². The van der Waals surface area contributed by atoms with Crippen molar-refractivity contribution in [3.8, 4) is 0 Å². The SMILES string of the molecule is O=C1C2=CC=NC2=Cc2ccncc21. The lowest BCUT2D eigenvalue weighted by atomic mass is 9.92. The minimum absolute atomic E-state index is 0.0168.